The van der Waals surface area contributed by atoms with Gasteiger partial charge in [-0.1, -0.05) is 30.0 Å². The van der Waals surface area contributed by atoms with Gasteiger partial charge in [-0.2, -0.15) is 4.31 Å². The third-order valence-corrected chi connectivity index (χ3v) is 8.98. The summed E-state index contributed by atoms with van der Waals surface area (Å²) in [4.78, 5) is 32.2. The van der Waals surface area contributed by atoms with Gasteiger partial charge in [0.15, 0.2) is 5.17 Å². The van der Waals surface area contributed by atoms with E-state index in [0.717, 1.165) is 0 Å². The highest BCUT2D eigenvalue weighted by atomic mass is 32.2. The highest BCUT2D eigenvalue weighted by Crippen LogP contribution is 2.34. The summed E-state index contributed by atoms with van der Waals surface area (Å²) >= 11 is 1.22. The maximum absolute atomic E-state index is 13.3. The SMILES string of the molecule is COC[C@H](C)N1C(=O)[C@@H](CC(=O)Nc2ccccc2)SC1=Nc1ccc(S(=O)(=O)N2CCOCC2)cc1. The number of para-hydroxylation sites is 1. The van der Waals surface area contributed by atoms with Crippen molar-refractivity contribution in [1.82, 2.24) is 9.21 Å². The third-order valence-electron chi connectivity index (χ3n) is 5.91. The molecule has 4 rings (SSSR count). The van der Waals surface area contributed by atoms with Crippen molar-refractivity contribution in [1.29, 1.82) is 0 Å². The van der Waals surface area contributed by atoms with Crippen molar-refractivity contribution in [2.24, 2.45) is 4.99 Å². The van der Waals surface area contributed by atoms with Crippen molar-refractivity contribution in [3.63, 3.8) is 0 Å². The van der Waals surface area contributed by atoms with E-state index in [4.69, 9.17) is 9.47 Å². The van der Waals surface area contributed by atoms with E-state index in [1.807, 2.05) is 25.1 Å². The first-order chi connectivity index (χ1) is 17.8. The summed E-state index contributed by atoms with van der Waals surface area (Å²) in [5, 5.41) is 2.62. The highest BCUT2D eigenvalue weighted by Gasteiger charge is 2.41. The van der Waals surface area contributed by atoms with Crippen LogP contribution >= 0.6 is 11.8 Å². The number of sulfonamides is 1. The van der Waals surface area contributed by atoms with Crippen molar-refractivity contribution in [2.75, 3.05) is 45.3 Å². The molecule has 2 aromatic carbocycles. The third kappa shape index (κ3) is 6.57. The fraction of sp³-hybridized carbons (Fsp3) is 0.400. The molecule has 0 radical (unpaired) electrons. The Morgan fingerprint density at radius 1 is 1.16 bits per heavy atom. The van der Waals surface area contributed by atoms with Gasteiger partial charge in [-0.05, 0) is 43.3 Å². The number of benzene rings is 2. The Hall–Kier alpha value is -2.77. The summed E-state index contributed by atoms with van der Waals surface area (Å²) in [7, 11) is -2.07. The molecule has 10 nitrogen and oxygen atoms in total. The minimum Gasteiger partial charge on any atom is -0.383 e. The fourth-order valence-corrected chi connectivity index (χ4v) is 6.71. The average molecular weight is 547 g/mol. The largest absolute Gasteiger partial charge is 0.383 e. The number of nitrogens with zero attached hydrogens (tertiary/aromatic N) is 3. The number of methoxy groups -OCH3 is 1. The molecular formula is C25H30N4O6S2. The predicted molar refractivity (Wildman–Crippen MR) is 142 cm³/mol. The lowest BCUT2D eigenvalue weighted by Gasteiger charge is -2.26. The molecule has 12 heteroatoms. The quantitative estimate of drug-likeness (QED) is 0.514. The first-order valence-electron chi connectivity index (χ1n) is 11.9. The maximum atomic E-state index is 13.3. The summed E-state index contributed by atoms with van der Waals surface area (Å²) in [6, 6.07) is 15.0. The summed E-state index contributed by atoms with van der Waals surface area (Å²) in [6.07, 6.45) is -0.00958. The number of amidine groups is 1. The molecular weight excluding hydrogens is 516 g/mol. The Bertz CT molecular complexity index is 1230. The van der Waals surface area contributed by atoms with Gasteiger partial charge in [0.05, 0.1) is 36.4 Å². The standard InChI is InChI=1S/C25H30N4O6S2/c1-18(17-34-2)29-24(31)22(16-23(30)26-19-6-4-3-5-7-19)36-25(29)27-20-8-10-21(11-9-20)37(32,33)28-12-14-35-15-13-28/h3-11,18,22H,12-17H2,1-2H3,(H,26,30)/t18-,22+/m0/s1. The van der Waals surface area contributed by atoms with Crippen molar-refractivity contribution in [2.45, 2.75) is 29.5 Å². The molecule has 2 saturated heterocycles. The number of carbonyl (C=O) groups is 2. The molecule has 2 aliphatic heterocycles. The van der Waals surface area contributed by atoms with E-state index in [2.05, 4.69) is 10.3 Å². The van der Waals surface area contributed by atoms with Gasteiger partial charge in [-0.3, -0.25) is 14.5 Å². The van der Waals surface area contributed by atoms with Crippen LogP contribution in [0.2, 0.25) is 0 Å². The molecule has 0 saturated carbocycles. The van der Waals surface area contributed by atoms with Gasteiger partial charge in [-0.25, -0.2) is 13.4 Å². The number of anilines is 1. The molecule has 0 bridgehead atoms. The lowest BCUT2D eigenvalue weighted by Crippen LogP contribution is -2.42. The van der Waals surface area contributed by atoms with Crippen LogP contribution in [0.5, 0.6) is 0 Å². The molecule has 2 aromatic rings. The minimum absolute atomic E-state index is 0.00958. The van der Waals surface area contributed by atoms with Crippen molar-refractivity contribution >= 4 is 50.1 Å². The van der Waals surface area contributed by atoms with Gasteiger partial charge in [0.1, 0.15) is 5.25 Å². The zero-order valence-corrected chi connectivity index (χ0v) is 22.3. The number of ether oxygens (including phenoxy) is 2. The Morgan fingerprint density at radius 2 is 1.84 bits per heavy atom. The molecule has 0 unspecified atom stereocenters. The molecule has 0 spiro atoms. The lowest BCUT2D eigenvalue weighted by atomic mass is 10.2. The smallest absolute Gasteiger partial charge is 0.243 e. The second kappa shape index (κ2) is 12.2. The van der Waals surface area contributed by atoms with Crippen LogP contribution in [-0.4, -0.2) is 85.9 Å². The van der Waals surface area contributed by atoms with Gasteiger partial charge in [0, 0.05) is 32.3 Å². The summed E-state index contributed by atoms with van der Waals surface area (Å²) in [6.45, 7) is 3.52. The number of carbonyl (C=O) groups excluding carboxylic acids is 2. The van der Waals surface area contributed by atoms with Gasteiger partial charge in [0.2, 0.25) is 21.8 Å². The molecule has 2 heterocycles. The van der Waals surface area contributed by atoms with Crippen molar-refractivity contribution in [3.8, 4) is 0 Å². The highest BCUT2D eigenvalue weighted by molar-refractivity contribution is 8.15. The first kappa shape index (κ1) is 27.3. The molecule has 198 valence electrons. The van der Waals surface area contributed by atoms with E-state index in [1.54, 1.807) is 36.3 Å². The van der Waals surface area contributed by atoms with Crippen LogP contribution in [0.3, 0.4) is 0 Å². The van der Waals surface area contributed by atoms with Crippen LogP contribution in [0.4, 0.5) is 11.4 Å². The Labute approximate surface area is 221 Å². The molecule has 2 fully saturated rings. The van der Waals surface area contributed by atoms with Crippen molar-refractivity contribution in [3.05, 3.63) is 54.6 Å². The molecule has 1 N–H and O–H groups in total. The van der Waals surface area contributed by atoms with E-state index in [1.165, 1.54) is 28.2 Å². The molecule has 0 aliphatic carbocycles. The fourth-order valence-electron chi connectivity index (χ4n) is 4.06. The average Bonchev–Trinajstić information content (AvgIpc) is 3.19. The number of hydrogen-bond donors (Lipinski definition) is 1. The lowest BCUT2D eigenvalue weighted by molar-refractivity contribution is -0.130. The Morgan fingerprint density at radius 3 is 2.49 bits per heavy atom. The molecule has 0 aromatic heterocycles. The van der Waals surface area contributed by atoms with Gasteiger partial charge in [0.25, 0.3) is 0 Å². The molecule has 37 heavy (non-hydrogen) atoms. The van der Waals surface area contributed by atoms with Crippen molar-refractivity contribution < 1.29 is 27.5 Å². The van der Waals surface area contributed by atoms with E-state index in [0.29, 0.717) is 49.5 Å². The summed E-state index contributed by atoms with van der Waals surface area (Å²) in [5.74, 6) is -0.488. The normalized spacial score (nSPS) is 20.8. The van der Waals surface area contributed by atoms with Gasteiger partial charge < -0.3 is 14.8 Å². The second-order valence-electron chi connectivity index (χ2n) is 8.64. The van der Waals surface area contributed by atoms with E-state index in [9.17, 15) is 18.0 Å². The summed E-state index contributed by atoms with van der Waals surface area (Å²) in [5.41, 5.74) is 1.16. The van der Waals surface area contributed by atoms with E-state index >= 15 is 0 Å². The zero-order chi connectivity index (χ0) is 26.4. The summed E-state index contributed by atoms with van der Waals surface area (Å²) < 4.78 is 37.7. The van der Waals surface area contributed by atoms with Gasteiger partial charge >= 0.3 is 0 Å². The van der Waals surface area contributed by atoms with Crippen LogP contribution in [0.15, 0.2) is 64.5 Å². The van der Waals surface area contributed by atoms with E-state index < -0.39 is 15.3 Å². The topological polar surface area (TPSA) is 118 Å². The molecule has 2 amide bonds. The zero-order valence-electron chi connectivity index (χ0n) is 20.7. The number of aliphatic imine (C=N–C) groups is 1. The monoisotopic (exact) mass is 546 g/mol. The van der Waals surface area contributed by atoms with Crippen LogP contribution < -0.4 is 5.32 Å². The Kier molecular flexibility index (Phi) is 8.98. The van der Waals surface area contributed by atoms with Gasteiger partial charge in [-0.15, -0.1) is 0 Å². The molecule has 2 atom stereocenters. The second-order valence-corrected chi connectivity index (χ2v) is 11.7. The number of thioether (sulfide) groups is 1. The van der Waals surface area contributed by atoms with Crippen LogP contribution in [0.25, 0.3) is 0 Å². The van der Waals surface area contributed by atoms with Crippen LogP contribution in [-0.2, 0) is 29.1 Å². The first-order valence-corrected chi connectivity index (χ1v) is 14.2. The predicted octanol–water partition coefficient (Wildman–Crippen LogP) is 2.70. The number of nitrogens with one attached hydrogen (secondary N) is 1. The maximum Gasteiger partial charge on any atom is 0.243 e. The number of rotatable bonds is 9. The van der Waals surface area contributed by atoms with Crippen LogP contribution in [0, 0.1) is 0 Å². The number of morpholine rings is 1. The number of amides is 2. The van der Waals surface area contributed by atoms with Crippen LogP contribution in [0.1, 0.15) is 13.3 Å². The molecule has 2 aliphatic rings. The Balaban J connectivity index is 1.52. The number of hydrogen-bond acceptors (Lipinski definition) is 8. The van der Waals surface area contributed by atoms with E-state index in [-0.39, 0.29) is 29.2 Å². The minimum atomic E-state index is -3.62.